The Hall–Kier alpha value is -1.72. The van der Waals surface area contributed by atoms with Crippen LogP contribution in [0.2, 0.25) is 0 Å². The molecule has 1 heterocycles. The van der Waals surface area contributed by atoms with Crippen molar-refractivity contribution >= 4 is 10.8 Å². The van der Waals surface area contributed by atoms with Crippen LogP contribution in [-0.4, -0.2) is 18.6 Å². The van der Waals surface area contributed by atoms with Gasteiger partial charge in [-0.1, -0.05) is 6.42 Å². The van der Waals surface area contributed by atoms with E-state index in [1.165, 1.54) is 26.4 Å². The summed E-state index contributed by atoms with van der Waals surface area (Å²) in [5.74, 6) is 0.786. The van der Waals surface area contributed by atoms with Crippen LogP contribution >= 0.6 is 0 Å². The van der Waals surface area contributed by atoms with Crippen LogP contribution in [0.1, 0.15) is 30.5 Å². The molecule has 1 aromatic heterocycles. The van der Waals surface area contributed by atoms with Gasteiger partial charge < -0.3 is 15.8 Å². The molecule has 22 heavy (non-hydrogen) atoms. The molecule has 0 spiro atoms. The van der Waals surface area contributed by atoms with E-state index < -0.39 is 0 Å². The number of pyridine rings is 1. The smallest absolute Gasteiger partial charge is 0.224 e. The van der Waals surface area contributed by atoms with Crippen molar-refractivity contribution in [2.45, 2.75) is 32.4 Å². The van der Waals surface area contributed by atoms with Crippen LogP contribution in [0, 0.1) is 11.7 Å². The summed E-state index contributed by atoms with van der Waals surface area (Å²) in [5.41, 5.74) is 7.28. The highest BCUT2D eigenvalue weighted by Crippen LogP contribution is 2.29. The summed E-state index contributed by atoms with van der Waals surface area (Å²) in [4.78, 5) is 4.23. The van der Waals surface area contributed by atoms with Gasteiger partial charge in [0.25, 0.3) is 0 Å². The number of aromatic nitrogens is 1. The van der Waals surface area contributed by atoms with Gasteiger partial charge in [0.1, 0.15) is 5.82 Å². The van der Waals surface area contributed by atoms with E-state index in [4.69, 9.17) is 10.5 Å². The summed E-state index contributed by atoms with van der Waals surface area (Å²) < 4.78 is 19.6. The fraction of sp³-hybridized carbons (Fsp3) is 0.471. The fourth-order valence-electron chi connectivity index (χ4n) is 2.90. The Balaban J connectivity index is 1.85. The highest BCUT2D eigenvalue weighted by molar-refractivity contribution is 5.88. The number of ether oxygens (including phenoxy) is 1. The first-order valence-electron chi connectivity index (χ1n) is 7.78. The molecule has 1 saturated carbocycles. The summed E-state index contributed by atoms with van der Waals surface area (Å²) in [6.07, 6.45) is 3.95. The Morgan fingerprint density at radius 3 is 2.82 bits per heavy atom. The minimum absolute atomic E-state index is 0.296. The van der Waals surface area contributed by atoms with Gasteiger partial charge in [0, 0.05) is 13.1 Å². The van der Waals surface area contributed by atoms with Gasteiger partial charge in [-0.2, -0.15) is 0 Å². The van der Waals surface area contributed by atoms with Gasteiger partial charge in [-0.05, 0) is 54.5 Å². The molecule has 0 radical (unpaired) electrons. The summed E-state index contributed by atoms with van der Waals surface area (Å²) >= 11 is 0. The van der Waals surface area contributed by atoms with Crippen molar-refractivity contribution in [3.8, 4) is 5.88 Å². The first kappa shape index (κ1) is 15.2. The lowest BCUT2D eigenvalue weighted by Gasteiger charge is -2.25. The van der Waals surface area contributed by atoms with Gasteiger partial charge in [-0.3, -0.25) is 0 Å². The topological polar surface area (TPSA) is 60.2 Å². The molecule has 1 aromatic carbocycles. The van der Waals surface area contributed by atoms with Crippen molar-refractivity contribution < 1.29 is 9.13 Å². The minimum atomic E-state index is -0.300. The van der Waals surface area contributed by atoms with Crippen LogP contribution in [0.5, 0.6) is 5.88 Å². The van der Waals surface area contributed by atoms with Crippen LogP contribution < -0.4 is 15.8 Å². The van der Waals surface area contributed by atoms with Crippen molar-refractivity contribution in [2.24, 2.45) is 11.7 Å². The highest BCUT2D eigenvalue weighted by atomic mass is 19.1. The Bertz CT molecular complexity index is 670. The number of hydrogen-bond acceptors (Lipinski definition) is 4. The van der Waals surface area contributed by atoms with Crippen molar-refractivity contribution in [2.75, 3.05) is 13.7 Å². The Labute approximate surface area is 129 Å². The Morgan fingerprint density at radius 1 is 1.36 bits per heavy atom. The van der Waals surface area contributed by atoms with Gasteiger partial charge in [0.2, 0.25) is 5.88 Å². The molecule has 1 aliphatic rings. The van der Waals surface area contributed by atoms with E-state index in [-0.39, 0.29) is 5.82 Å². The van der Waals surface area contributed by atoms with Gasteiger partial charge in [-0.15, -0.1) is 0 Å². The van der Waals surface area contributed by atoms with E-state index in [0.717, 1.165) is 23.4 Å². The monoisotopic (exact) mass is 303 g/mol. The Morgan fingerprint density at radius 2 is 2.18 bits per heavy atom. The third kappa shape index (κ3) is 3.05. The SMILES string of the molecule is COc1nc(CN)cc2cc(CNCC3CCC3)cc(F)c12. The summed E-state index contributed by atoms with van der Waals surface area (Å²) in [6, 6.07) is 5.37. The van der Waals surface area contributed by atoms with Crippen molar-refractivity contribution in [1.29, 1.82) is 0 Å². The average Bonchev–Trinajstić information content (AvgIpc) is 2.48. The molecule has 1 fully saturated rings. The number of nitrogens with two attached hydrogens (primary N) is 1. The minimum Gasteiger partial charge on any atom is -0.480 e. The first-order chi connectivity index (χ1) is 10.7. The van der Waals surface area contributed by atoms with E-state index in [0.29, 0.717) is 30.0 Å². The number of fused-ring (bicyclic) bond motifs is 1. The summed E-state index contributed by atoms with van der Waals surface area (Å²) in [7, 11) is 1.50. The average molecular weight is 303 g/mol. The largest absolute Gasteiger partial charge is 0.480 e. The van der Waals surface area contributed by atoms with Crippen molar-refractivity contribution in [3.05, 3.63) is 35.3 Å². The number of benzene rings is 1. The maximum Gasteiger partial charge on any atom is 0.224 e. The molecule has 0 atom stereocenters. The quantitative estimate of drug-likeness (QED) is 0.861. The van der Waals surface area contributed by atoms with Crippen LogP contribution in [0.3, 0.4) is 0 Å². The number of methoxy groups -OCH3 is 1. The molecular formula is C17H22FN3O. The second-order valence-electron chi connectivity index (χ2n) is 5.93. The first-order valence-corrected chi connectivity index (χ1v) is 7.78. The van der Waals surface area contributed by atoms with E-state index in [2.05, 4.69) is 10.3 Å². The second-order valence-corrected chi connectivity index (χ2v) is 5.93. The maximum absolute atomic E-state index is 14.4. The zero-order valence-corrected chi connectivity index (χ0v) is 12.9. The second kappa shape index (κ2) is 6.58. The van der Waals surface area contributed by atoms with E-state index in [9.17, 15) is 4.39 Å². The zero-order chi connectivity index (χ0) is 15.5. The lowest BCUT2D eigenvalue weighted by Crippen LogP contribution is -2.26. The molecule has 0 unspecified atom stereocenters. The van der Waals surface area contributed by atoms with E-state index in [1.807, 2.05) is 12.1 Å². The molecule has 5 heteroatoms. The zero-order valence-electron chi connectivity index (χ0n) is 12.9. The van der Waals surface area contributed by atoms with Crippen LogP contribution in [0.4, 0.5) is 4.39 Å². The molecule has 3 N–H and O–H groups in total. The molecule has 2 aromatic rings. The predicted octanol–water partition coefficient (Wildman–Crippen LogP) is 2.73. The summed E-state index contributed by atoms with van der Waals surface area (Å²) in [5, 5.41) is 4.62. The number of nitrogens with one attached hydrogen (secondary N) is 1. The normalized spacial score (nSPS) is 15.0. The molecule has 4 nitrogen and oxygen atoms in total. The highest BCUT2D eigenvalue weighted by Gasteiger charge is 2.17. The molecule has 0 bridgehead atoms. The molecule has 3 rings (SSSR count). The fourth-order valence-corrected chi connectivity index (χ4v) is 2.90. The maximum atomic E-state index is 14.4. The lowest BCUT2D eigenvalue weighted by atomic mass is 9.85. The number of hydrogen-bond donors (Lipinski definition) is 2. The molecule has 0 aliphatic heterocycles. The third-order valence-electron chi connectivity index (χ3n) is 4.35. The van der Waals surface area contributed by atoms with E-state index in [1.54, 1.807) is 6.07 Å². The molecule has 118 valence electrons. The van der Waals surface area contributed by atoms with Crippen LogP contribution in [0.25, 0.3) is 10.8 Å². The van der Waals surface area contributed by atoms with Crippen molar-refractivity contribution in [3.63, 3.8) is 0 Å². The van der Waals surface area contributed by atoms with Gasteiger partial charge in [0.15, 0.2) is 0 Å². The number of halogens is 1. The Kier molecular flexibility index (Phi) is 4.55. The number of rotatable bonds is 6. The van der Waals surface area contributed by atoms with Crippen LogP contribution in [0.15, 0.2) is 18.2 Å². The molecular weight excluding hydrogens is 281 g/mol. The van der Waals surface area contributed by atoms with Gasteiger partial charge >= 0.3 is 0 Å². The predicted molar refractivity (Wildman–Crippen MR) is 85.2 cm³/mol. The number of nitrogens with zero attached hydrogens (tertiary/aromatic N) is 1. The summed E-state index contributed by atoms with van der Waals surface area (Å²) in [6.45, 7) is 1.98. The standard InChI is InChI=1S/C17H22FN3O/c1-22-17-16-13(7-14(8-19)21-17)5-12(6-15(16)18)10-20-9-11-3-2-4-11/h5-7,11,20H,2-4,8-10,19H2,1H3. The van der Waals surface area contributed by atoms with E-state index >= 15 is 0 Å². The molecule has 1 aliphatic carbocycles. The van der Waals surface area contributed by atoms with Crippen molar-refractivity contribution in [1.82, 2.24) is 10.3 Å². The van der Waals surface area contributed by atoms with Gasteiger partial charge in [-0.25, -0.2) is 9.37 Å². The molecule has 0 saturated heterocycles. The molecule has 0 amide bonds. The lowest BCUT2D eigenvalue weighted by molar-refractivity contribution is 0.301. The van der Waals surface area contributed by atoms with Crippen LogP contribution in [-0.2, 0) is 13.1 Å². The third-order valence-corrected chi connectivity index (χ3v) is 4.35. The van der Waals surface area contributed by atoms with Gasteiger partial charge in [0.05, 0.1) is 18.2 Å².